The van der Waals surface area contributed by atoms with Crippen molar-refractivity contribution < 1.29 is 9.53 Å². The Balaban J connectivity index is 0.00000423. The summed E-state index contributed by atoms with van der Waals surface area (Å²) in [5.74, 6) is 0.698. The fourth-order valence-corrected chi connectivity index (χ4v) is 6.29. The Hall–Kier alpha value is -3.30. The molecule has 1 aliphatic heterocycles. The second-order valence-electron chi connectivity index (χ2n) is 10.5. The van der Waals surface area contributed by atoms with Crippen molar-refractivity contribution in [1.29, 1.82) is 0 Å². The Kier molecular flexibility index (Phi) is 11.7. The summed E-state index contributed by atoms with van der Waals surface area (Å²) in [4.78, 5) is 28.0. The molecule has 1 aliphatic rings. The maximum atomic E-state index is 13.7. The predicted octanol–water partition coefficient (Wildman–Crippen LogP) is 6.47. The molecule has 1 fully saturated rings. The number of aromatic nitrogens is 2. The van der Waals surface area contributed by atoms with E-state index in [2.05, 4.69) is 27.9 Å². The van der Waals surface area contributed by atoms with Gasteiger partial charge in [0.25, 0.3) is 5.56 Å². The third-order valence-electron chi connectivity index (χ3n) is 7.72. The van der Waals surface area contributed by atoms with Crippen molar-refractivity contribution in [2.45, 2.75) is 41.5 Å². The van der Waals surface area contributed by atoms with Gasteiger partial charge in [0.15, 0.2) is 0 Å². The van der Waals surface area contributed by atoms with E-state index in [4.69, 9.17) is 16.3 Å². The molecular weight excluding hydrogens is 603 g/mol. The number of amides is 1. The first-order valence-electron chi connectivity index (χ1n) is 14.2. The summed E-state index contributed by atoms with van der Waals surface area (Å²) in [5.41, 5.74) is 2.32. The molecule has 0 radical (unpaired) electrons. The molecule has 0 spiro atoms. The molecule has 226 valence electrons. The van der Waals surface area contributed by atoms with Crippen molar-refractivity contribution in [2.75, 3.05) is 26.7 Å². The minimum Gasteiger partial charge on any atom is -0.497 e. The summed E-state index contributed by atoms with van der Waals surface area (Å²) >= 11 is 7.55. The largest absolute Gasteiger partial charge is 0.497 e. The number of methoxy groups -OCH3 is 1. The number of nitrogens with zero attached hydrogens (tertiary/aromatic N) is 2. The van der Waals surface area contributed by atoms with Gasteiger partial charge in [-0.3, -0.25) is 9.59 Å². The van der Waals surface area contributed by atoms with Gasteiger partial charge in [-0.2, -0.15) is 9.78 Å². The number of piperidine rings is 1. The number of halogens is 2. The van der Waals surface area contributed by atoms with Crippen LogP contribution in [0.1, 0.15) is 42.7 Å². The van der Waals surface area contributed by atoms with Crippen molar-refractivity contribution >= 4 is 41.7 Å². The van der Waals surface area contributed by atoms with Crippen LogP contribution in [0.25, 0.3) is 5.69 Å². The number of hydrogen-bond donors (Lipinski definition) is 2. The third-order valence-corrected chi connectivity index (χ3v) is 8.89. The fourth-order valence-electron chi connectivity index (χ4n) is 5.35. The van der Waals surface area contributed by atoms with Gasteiger partial charge in [0.05, 0.1) is 18.7 Å². The molecule has 0 saturated carbocycles. The van der Waals surface area contributed by atoms with E-state index < -0.39 is 0 Å². The van der Waals surface area contributed by atoms with Crippen LogP contribution >= 0.6 is 35.8 Å². The fraction of sp³-hybridized carbons (Fsp3) is 0.303. The summed E-state index contributed by atoms with van der Waals surface area (Å²) in [6.45, 7) is 4.05. The van der Waals surface area contributed by atoms with Crippen LogP contribution in [0.5, 0.6) is 5.75 Å². The topological polar surface area (TPSA) is 85.2 Å². The number of carbonyl (C=O) groups excluding carboxylic acids is 1. The highest BCUT2D eigenvalue weighted by Crippen LogP contribution is 2.31. The zero-order valence-electron chi connectivity index (χ0n) is 24.2. The molecule has 3 atom stereocenters. The molecule has 1 amide bonds. The Morgan fingerprint density at radius 3 is 2.53 bits per heavy atom. The van der Waals surface area contributed by atoms with Gasteiger partial charge in [0.2, 0.25) is 5.91 Å². The SMILES string of the molecule is COc1ccc(-n2nc(Sc3ccc(Cl)cc3)cc(C(C)CCNC(=O)[C@H]3CNCC[C@@H]3c3ccccc3)c2=O)cc1.Cl. The molecule has 3 aromatic carbocycles. The second-order valence-corrected chi connectivity index (χ2v) is 12.0. The van der Waals surface area contributed by atoms with E-state index >= 15 is 0 Å². The Labute approximate surface area is 267 Å². The minimum atomic E-state index is -0.180. The van der Waals surface area contributed by atoms with E-state index in [1.165, 1.54) is 22.0 Å². The molecule has 4 aromatic rings. The van der Waals surface area contributed by atoms with E-state index in [9.17, 15) is 9.59 Å². The monoisotopic (exact) mass is 638 g/mol. The lowest BCUT2D eigenvalue weighted by atomic mass is 9.80. The molecular formula is C33H36Cl2N4O3S. The molecule has 0 aliphatic carbocycles. The number of benzene rings is 3. The third kappa shape index (κ3) is 8.21. The van der Waals surface area contributed by atoms with Gasteiger partial charge in [-0.05, 0) is 91.4 Å². The van der Waals surface area contributed by atoms with E-state index in [-0.39, 0.29) is 41.6 Å². The van der Waals surface area contributed by atoms with Gasteiger partial charge in [-0.1, -0.05) is 60.6 Å². The average molecular weight is 640 g/mol. The Bertz CT molecular complexity index is 1550. The minimum absolute atomic E-state index is 0. The summed E-state index contributed by atoms with van der Waals surface area (Å²) < 4.78 is 6.73. The zero-order valence-corrected chi connectivity index (χ0v) is 26.6. The maximum Gasteiger partial charge on any atom is 0.275 e. The quantitative estimate of drug-likeness (QED) is 0.207. The number of hydrogen-bond acceptors (Lipinski definition) is 6. The van der Waals surface area contributed by atoms with Crippen LogP contribution in [0, 0.1) is 5.92 Å². The van der Waals surface area contributed by atoms with E-state index in [1.54, 1.807) is 7.11 Å². The molecule has 1 aromatic heterocycles. The standard InChI is InChI=1S/C33H35ClN4O3S.ClH/c1-22(16-19-36-32(39)30-21-35-18-17-28(30)23-6-4-3-5-7-23)29-20-31(42-27-14-8-24(34)9-15-27)37-38(33(29)40)25-10-12-26(41-2)13-11-25;/h3-15,20,22,28,30,35H,16-19,21H2,1-2H3,(H,36,39);1H/t22?,28-,30+;/m1./s1. The van der Waals surface area contributed by atoms with Crippen molar-refractivity contribution in [3.63, 3.8) is 0 Å². The first kappa shape index (κ1) is 32.6. The van der Waals surface area contributed by atoms with E-state index in [1.807, 2.05) is 79.7 Å². The molecule has 43 heavy (non-hydrogen) atoms. The maximum absolute atomic E-state index is 13.7. The molecule has 2 N–H and O–H groups in total. The van der Waals surface area contributed by atoms with Crippen LogP contribution in [0.15, 0.2) is 99.6 Å². The molecule has 2 heterocycles. The van der Waals surface area contributed by atoms with E-state index in [0.29, 0.717) is 46.6 Å². The van der Waals surface area contributed by atoms with Gasteiger partial charge in [0.1, 0.15) is 10.8 Å². The highest BCUT2D eigenvalue weighted by atomic mass is 35.5. The van der Waals surface area contributed by atoms with Crippen LogP contribution in [0.2, 0.25) is 5.02 Å². The molecule has 7 nitrogen and oxygen atoms in total. The summed E-state index contributed by atoms with van der Waals surface area (Å²) in [6.07, 6.45) is 1.54. The second kappa shape index (κ2) is 15.4. The highest BCUT2D eigenvalue weighted by molar-refractivity contribution is 7.99. The zero-order chi connectivity index (χ0) is 29.5. The molecule has 0 bridgehead atoms. The van der Waals surface area contributed by atoms with Crippen LogP contribution in [-0.2, 0) is 4.79 Å². The average Bonchev–Trinajstić information content (AvgIpc) is 3.03. The number of carbonyl (C=O) groups is 1. The highest BCUT2D eigenvalue weighted by Gasteiger charge is 2.31. The number of ether oxygens (including phenoxy) is 1. The van der Waals surface area contributed by atoms with Gasteiger partial charge >= 0.3 is 0 Å². The van der Waals surface area contributed by atoms with Crippen LogP contribution in [0.3, 0.4) is 0 Å². The Morgan fingerprint density at radius 2 is 1.84 bits per heavy atom. The summed E-state index contributed by atoms with van der Waals surface area (Å²) in [6, 6.07) is 26.9. The number of rotatable bonds is 10. The van der Waals surface area contributed by atoms with Crippen LogP contribution < -0.4 is 20.9 Å². The smallest absolute Gasteiger partial charge is 0.275 e. The first-order valence-corrected chi connectivity index (χ1v) is 15.4. The van der Waals surface area contributed by atoms with Gasteiger partial charge < -0.3 is 15.4 Å². The predicted molar refractivity (Wildman–Crippen MR) is 175 cm³/mol. The van der Waals surface area contributed by atoms with Gasteiger partial charge in [0, 0.05) is 28.6 Å². The molecule has 1 unspecified atom stereocenters. The van der Waals surface area contributed by atoms with Crippen molar-refractivity contribution in [1.82, 2.24) is 20.4 Å². The summed E-state index contributed by atoms with van der Waals surface area (Å²) in [7, 11) is 1.61. The van der Waals surface area contributed by atoms with Crippen molar-refractivity contribution in [2.24, 2.45) is 5.92 Å². The van der Waals surface area contributed by atoms with Crippen molar-refractivity contribution in [3.05, 3.63) is 111 Å². The lowest BCUT2D eigenvalue weighted by Gasteiger charge is -2.31. The van der Waals surface area contributed by atoms with E-state index in [0.717, 1.165) is 17.9 Å². The Morgan fingerprint density at radius 1 is 1.12 bits per heavy atom. The van der Waals surface area contributed by atoms with Crippen LogP contribution in [0.4, 0.5) is 0 Å². The first-order chi connectivity index (χ1) is 20.4. The lowest BCUT2D eigenvalue weighted by molar-refractivity contribution is -0.126. The van der Waals surface area contributed by atoms with Crippen LogP contribution in [-0.4, -0.2) is 42.4 Å². The lowest BCUT2D eigenvalue weighted by Crippen LogP contribution is -2.45. The molecule has 5 rings (SSSR count). The molecule has 1 saturated heterocycles. The molecule has 10 heteroatoms. The van der Waals surface area contributed by atoms with Gasteiger partial charge in [-0.25, -0.2) is 0 Å². The normalized spacial score (nSPS) is 17.0. The number of nitrogens with one attached hydrogen (secondary N) is 2. The summed E-state index contributed by atoms with van der Waals surface area (Å²) in [5, 5.41) is 12.6. The van der Waals surface area contributed by atoms with Gasteiger partial charge in [-0.15, -0.1) is 12.4 Å². The van der Waals surface area contributed by atoms with Crippen molar-refractivity contribution in [3.8, 4) is 11.4 Å².